The van der Waals surface area contributed by atoms with Crippen molar-refractivity contribution >= 4 is 55.4 Å². The van der Waals surface area contributed by atoms with Crippen molar-refractivity contribution in [3.05, 3.63) is 211 Å². The molecule has 0 saturated carbocycles. The minimum absolute atomic E-state index is 0.335. The molecule has 0 radical (unpaired) electrons. The van der Waals surface area contributed by atoms with Gasteiger partial charge in [0.05, 0.1) is 11.0 Å². The lowest BCUT2D eigenvalue weighted by molar-refractivity contribution is 0.667. The number of fused-ring (bicyclic) bond motifs is 6. The molecule has 10 aromatic rings. The molecule has 0 spiro atoms. The lowest BCUT2D eigenvalue weighted by Gasteiger charge is -2.24. The van der Waals surface area contributed by atoms with Crippen LogP contribution in [0.2, 0.25) is 0 Å². The molecule has 0 fully saturated rings. The van der Waals surface area contributed by atoms with Gasteiger partial charge in [0.2, 0.25) is 0 Å². The summed E-state index contributed by atoms with van der Waals surface area (Å²) in [6.45, 7) is 0. The standard InChI is InChI=1S/C51H34N4O/c1-4-13-33(14-5-1)35-23-25-37(26-24-35)50-52-49(36-17-8-3-9-18-36)53-51(54-50)43-20-12-22-46-48(43)42-30-28-39(32-47(42)56-46)55-44-21-11-10-19-40(44)41-29-27-38(31-45(41)55)34-15-6-2-7-16-34/h1-32,50H,(H,52,53,54). The van der Waals surface area contributed by atoms with Gasteiger partial charge in [0.25, 0.3) is 0 Å². The molecule has 0 saturated heterocycles. The molecule has 264 valence electrons. The molecular weight excluding hydrogens is 685 g/mol. The van der Waals surface area contributed by atoms with Crippen LogP contribution >= 0.6 is 0 Å². The summed E-state index contributed by atoms with van der Waals surface area (Å²) in [6, 6.07) is 68.0. The minimum Gasteiger partial charge on any atom is -0.456 e. The highest BCUT2D eigenvalue weighted by Gasteiger charge is 2.24. The number of benzene rings is 8. The molecular formula is C51H34N4O. The smallest absolute Gasteiger partial charge is 0.159 e. The highest BCUT2D eigenvalue weighted by atomic mass is 16.3. The average Bonchev–Trinajstić information content (AvgIpc) is 3.82. The lowest BCUT2D eigenvalue weighted by Crippen LogP contribution is -2.33. The van der Waals surface area contributed by atoms with Gasteiger partial charge in [0.15, 0.2) is 5.84 Å². The van der Waals surface area contributed by atoms with Crippen LogP contribution < -0.4 is 5.32 Å². The maximum atomic E-state index is 6.69. The van der Waals surface area contributed by atoms with E-state index in [0.29, 0.717) is 5.84 Å². The maximum absolute atomic E-state index is 6.69. The van der Waals surface area contributed by atoms with Crippen molar-refractivity contribution in [2.45, 2.75) is 6.17 Å². The van der Waals surface area contributed by atoms with Crippen LogP contribution in [0.15, 0.2) is 209 Å². The lowest BCUT2D eigenvalue weighted by atomic mass is 10.0. The first-order chi connectivity index (χ1) is 27.7. The Labute approximate surface area is 323 Å². The van der Waals surface area contributed by atoms with E-state index in [4.69, 9.17) is 14.4 Å². The van der Waals surface area contributed by atoms with Gasteiger partial charge >= 0.3 is 0 Å². The topological polar surface area (TPSA) is 54.8 Å². The van der Waals surface area contributed by atoms with Crippen molar-refractivity contribution in [2.24, 2.45) is 9.98 Å². The zero-order valence-corrected chi connectivity index (χ0v) is 30.3. The Morgan fingerprint density at radius 1 is 0.464 bits per heavy atom. The molecule has 1 aliphatic rings. The third-order valence-electron chi connectivity index (χ3n) is 10.9. The fourth-order valence-electron chi connectivity index (χ4n) is 8.17. The van der Waals surface area contributed by atoms with Gasteiger partial charge in [0, 0.05) is 44.4 Å². The molecule has 1 N–H and O–H groups in total. The van der Waals surface area contributed by atoms with Crippen LogP contribution in [-0.4, -0.2) is 16.2 Å². The first-order valence-electron chi connectivity index (χ1n) is 18.9. The van der Waals surface area contributed by atoms with Crippen LogP contribution in [0.5, 0.6) is 0 Å². The first-order valence-corrected chi connectivity index (χ1v) is 18.9. The molecule has 0 amide bonds. The van der Waals surface area contributed by atoms with Crippen LogP contribution in [0.3, 0.4) is 0 Å². The summed E-state index contributed by atoms with van der Waals surface area (Å²) in [7, 11) is 0. The van der Waals surface area contributed by atoms with Crippen molar-refractivity contribution in [3.63, 3.8) is 0 Å². The van der Waals surface area contributed by atoms with Gasteiger partial charge in [-0.3, -0.25) is 0 Å². The SMILES string of the molecule is c1ccc(C2=NC(c3ccc(-c4ccccc4)cc3)NC(c3cccc4oc5cc(-n6c7ccccc7c7ccc(-c8ccccc8)cc76)ccc5c34)=N2)cc1. The minimum atomic E-state index is -0.335. The fraction of sp³-hybridized carbons (Fsp3) is 0.0196. The summed E-state index contributed by atoms with van der Waals surface area (Å²) in [5.74, 6) is 1.44. The number of furan rings is 1. The Hall–Kier alpha value is -7.50. The van der Waals surface area contributed by atoms with Gasteiger partial charge in [-0.25, -0.2) is 9.98 Å². The van der Waals surface area contributed by atoms with E-state index in [1.807, 2.05) is 36.4 Å². The summed E-state index contributed by atoms with van der Waals surface area (Å²) in [6.07, 6.45) is -0.335. The number of aromatic nitrogens is 1. The van der Waals surface area contributed by atoms with E-state index < -0.39 is 0 Å². The second-order valence-corrected chi connectivity index (χ2v) is 14.2. The molecule has 1 aliphatic heterocycles. The van der Waals surface area contributed by atoms with Gasteiger partial charge in [-0.05, 0) is 58.1 Å². The first kappa shape index (κ1) is 32.0. The van der Waals surface area contributed by atoms with E-state index >= 15 is 0 Å². The Bertz CT molecular complexity index is 3140. The number of nitrogens with zero attached hydrogens (tertiary/aromatic N) is 3. The molecule has 11 rings (SSSR count). The van der Waals surface area contributed by atoms with E-state index in [9.17, 15) is 0 Å². The number of hydrogen-bond acceptors (Lipinski definition) is 4. The van der Waals surface area contributed by atoms with Crippen molar-refractivity contribution < 1.29 is 4.42 Å². The molecule has 5 heteroatoms. The van der Waals surface area contributed by atoms with Crippen molar-refractivity contribution in [1.29, 1.82) is 0 Å². The summed E-state index contributed by atoms with van der Waals surface area (Å²) in [5, 5.41) is 8.18. The number of hydrogen-bond donors (Lipinski definition) is 1. The molecule has 1 unspecified atom stereocenters. The van der Waals surface area contributed by atoms with E-state index in [1.165, 1.54) is 27.5 Å². The summed E-state index contributed by atoms with van der Waals surface area (Å²) < 4.78 is 9.05. The third kappa shape index (κ3) is 5.40. The van der Waals surface area contributed by atoms with Crippen LogP contribution in [0.4, 0.5) is 0 Å². The summed E-state index contributed by atoms with van der Waals surface area (Å²) in [5.41, 5.74) is 12.7. The van der Waals surface area contributed by atoms with Crippen LogP contribution in [0.25, 0.3) is 71.7 Å². The van der Waals surface area contributed by atoms with Crippen molar-refractivity contribution in [3.8, 4) is 27.9 Å². The maximum Gasteiger partial charge on any atom is 0.159 e. The normalized spacial score (nSPS) is 14.2. The molecule has 2 aromatic heterocycles. The number of aliphatic imine (C=N–C) groups is 2. The third-order valence-corrected chi connectivity index (χ3v) is 10.9. The predicted molar refractivity (Wildman–Crippen MR) is 231 cm³/mol. The molecule has 8 aromatic carbocycles. The monoisotopic (exact) mass is 718 g/mol. The highest BCUT2D eigenvalue weighted by molar-refractivity contribution is 6.22. The zero-order valence-electron chi connectivity index (χ0n) is 30.3. The van der Waals surface area contributed by atoms with E-state index in [-0.39, 0.29) is 6.17 Å². The fourth-order valence-corrected chi connectivity index (χ4v) is 8.17. The van der Waals surface area contributed by atoms with Crippen molar-refractivity contribution in [2.75, 3.05) is 0 Å². The van der Waals surface area contributed by atoms with Gasteiger partial charge in [-0.15, -0.1) is 0 Å². The zero-order chi connectivity index (χ0) is 37.0. The van der Waals surface area contributed by atoms with Gasteiger partial charge in [-0.2, -0.15) is 0 Å². The number of rotatable bonds is 6. The van der Waals surface area contributed by atoms with E-state index in [0.717, 1.165) is 66.7 Å². The molecule has 5 nitrogen and oxygen atoms in total. The number of para-hydroxylation sites is 1. The second kappa shape index (κ2) is 13.1. The Morgan fingerprint density at radius 3 is 1.86 bits per heavy atom. The van der Waals surface area contributed by atoms with Crippen LogP contribution in [0, 0.1) is 0 Å². The molecule has 3 heterocycles. The van der Waals surface area contributed by atoms with E-state index in [1.54, 1.807) is 0 Å². The Morgan fingerprint density at radius 2 is 1.09 bits per heavy atom. The van der Waals surface area contributed by atoms with Crippen molar-refractivity contribution in [1.82, 2.24) is 9.88 Å². The number of amidine groups is 2. The highest BCUT2D eigenvalue weighted by Crippen LogP contribution is 2.38. The summed E-state index contributed by atoms with van der Waals surface area (Å²) in [4.78, 5) is 10.3. The Balaban J connectivity index is 1.03. The molecule has 1 atom stereocenters. The molecule has 0 bridgehead atoms. The van der Waals surface area contributed by atoms with E-state index in [2.05, 4.69) is 168 Å². The molecule has 56 heavy (non-hydrogen) atoms. The van der Waals surface area contributed by atoms with Gasteiger partial charge in [0.1, 0.15) is 23.2 Å². The van der Waals surface area contributed by atoms with Gasteiger partial charge in [-0.1, -0.05) is 158 Å². The Kier molecular flexibility index (Phi) is 7.49. The number of nitrogens with one attached hydrogen (secondary N) is 1. The predicted octanol–water partition coefficient (Wildman–Crippen LogP) is 12.5. The average molecular weight is 719 g/mol. The van der Waals surface area contributed by atoms with Crippen LogP contribution in [0.1, 0.15) is 22.9 Å². The molecule has 0 aliphatic carbocycles. The van der Waals surface area contributed by atoms with Gasteiger partial charge < -0.3 is 14.3 Å². The van der Waals surface area contributed by atoms with Crippen LogP contribution in [-0.2, 0) is 0 Å². The quantitative estimate of drug-likeness (QED) is 0.186. The largest absolute Gasteiger partial charge is 0.456 e. The summed E-state index contributed by atoms with van der Waals surface area (Å²) >= 11 is 0. The second-order valence-electron chi connectivity index (χ2n) is 14.2.